The summed E-state index contributed by atoms with van der Waals surface area (Å²) in [5.41, 5.74) is 7.50. The molecule has 16 heavy (non-hydrogen) atoms. The fourth-order valence-electron chi connectivity index (χ4n) is 2.18. The van der Waals surface area contributed by atoms with Crippen molar-refractivity contribution in [3.8, 4) is 0 Å². The molecule has 2 rings (SSSR count). The SMILES string of the molecule is CN(CC1(N)CCOCC1)c1ccccc1. The first-order valence-electron chi connectivity index (χ1n) is 5.82. The highest BCUT2D eigenvalue weighted by Crippen LogP contribution is 2.21. The number of ether oxygens (including phenoxy) is 1. The van der Waals surface area contributed by atoms with Crippen LogP contribution >= 0.6 is 0 Å². The Bertz CT molecular complexity index is 320. The number of hydrogen-bond donors (Lipinski definition) is 1. The second-order valence-corrected chi connectivity index (χ2v) is 4.67. The number of benzene rings is 1. The average Bonchev–Trinajstić information content (AvgIpc) is 2.30. The van der Waals surface area contributed by atoms with Gasteiger partial charge in [-0.3, -0.25) is 0 Å². The molecular weight excluding hydrogens is 200 g/mol. The van der Waals surface area contributed by atoms with E-state index in [0.717, 1.165) is 32.6 Å². The van der Waals surface area contributed by atoms with Gasteiger partial charge in [0, 0.05) is 38.0 Å². The quantitative estimate of drug-likeness (QED) is 0.841. The first-order chi connectivity index (χ1) is 7.70. The Hall–Kier alpha value is -1.06. The smallest absolute Gasteiger partial charge is 0.0484 e. The van der Waals surface area contributed by atoms with Gasteiger partial charge in [-0.15, -0.1) is 0 Å². The molecule has 1 aliphatic rings. The van der Waals surface area contributed by atoms with Gasteiger partial charge in [-0.05, 0) is 25.0 Å². The number of rotatable bonds is 3. The third-order valence-electron chi connectivity index (χ3n) is 3.24. The molecule has 3 nitrogen and oxygen atoms in total. The van der Waals surface area contributed by atoms with Gasteiger partial charge in [-0.1, -0.05) is 18.2 Å². The molecule has 0 saturated carbocycles. The van der Waals surface area contributed by atoms with Gasteiger partial charge in [0.25, 0.3) is 0 Å². The van der Waals surface area contributed by atoms with E-state index >= 15 is 0 Å². The van der Waals surface area contributed by atoms with Crippen LogP contribution < -0.4 is 10.6 Å². The third-order valence-corrected chi connectivity index (χ3v) is 3.24. The zero-order valence-electron chi connectivity index (χ0n) is 9.86. The summed E-state index contributed by atoms with van der Waals surface area (Å²) in [7, 11) is 2.10. The maximum Gasteiger partial charge on any atom is 0.0484 e. The lowest BCUT2D eigenvalue weighted by Crippen LogP contribution is -2.52. The molecule has 3 heteroatoms. The van der Waals surface area contributed by atoms with E-state index in [1.165, 1.54) is 5.69 Å². The van der Waals surface area contributed by atoms with Crippen LogP contribution in [0.4, 0.5) is 5.69 Å². The van der Waals surface area contributed by atoms with Crippen LogP contribution in [0.3, 0.4) is 0 Å². The van der Waals surface area contributed by atoms with Gasteiger partial charge in [-0.25, -0.2) is 0 Å². The molecule has 0 atom stereocenters. The molecule has 0 aromatic heterocycles. The monoisotopic (exact) mass is 220 g/mol. The molecular formula is C13H20N2O. The van der Waals surface area contributed by atoms with Crippen LogP contribution in [0.25, 0.3) is 0 Å². The summed E-state index contributed by atoms with van der Waals surface area (Å²) in [6.45, 7) is 2.47. The Morgan fingerprint density at radius 3 is 2.50 bits per heavy atom. The molecule has 88 valence electrons. The molecule has 1 aromatic carbocycles. The van der Waals surface area contributed by atoms with E-state index in [2.05, 4.69) is 36.2 Å². The van der Waals surface area contributed by atoms with Crippen molar-refractivity contribution in [2.24, 2.45) is 5.73 Å². The van der Waals surface area contributed by atoms with Crippen molar-refractivity contribution in [2.45, 2.75) is 18.4 Å². The van der Waals surface area contributed by atoms with Gasteiger partial charge < -0.3 is 15.4 Å². The summed E-state index contributed by atoms with van der Waals surface area (Å²) in [4.78, 5) is 2.23. The Morgan fingerprint density at radius 2 is 1.88 bits per heavy atom. The highest BCUT2D eigenvalue weighted by atomic mass is 16.5. The molecule has 0 unspecified atom stereocenters. The highest BCUT2D eigenvalue weighted by molar-refractivity contribution is 5.45. The predicted octanol–water partition coefficient (Wildman–Crippen LogP) is 1.63. The first-order valence-corrected chi connectivity index (χ1v) is 5.82. The van der Waals surface area contributed by atoms with Gasteiger partial charge >= 0.3 is 0 Å². The standard InChI is InChI=1S/C13H20N2O/c1-15(12-5-3-2-4-6-12)11-13(14)7-9-16-10-8-13/h2-6H,7-11,14H2,1H3. The fourth-order valence-corrected chi connectivity index (χ4v) is 2.18. The Balaban J connectivity index is 1.98. The summed E-state index contributed by atoms with van der Waals surface area (Å²) < 4.78 is 5.35. The number of para-hydroxylation sites is 1. The first kappa shape index (κ1) is 11.4. The predicted molar refractivity (Wildman–Crippen MR) is 66.7 cm³/mol. The largest absolute Gasteiger partial charge is 0.381 e. The Morgan fingerprint density at radius 1 is 1.25 bits per heavy atom. The maximum absolute atomic E-state index is 6.38. The van der Waals surface area contributed by atoms with E-state index in [1.54, 1.807) is 0 Å². The average molecular weight is 220 g/mol. The molecule has 2 N–H and O–H groups in total. The molecule has 1 heterocycles. The summed E-state index contributed by atoms with van der Waals surface area (Å²) in [6, 6.07) is 10.4. The normalized spacial score (nSPS) is 19.4. The summed E-state index contributed by atoms with van der Waals surface area (Å²) >= 11 is 0. The minimum atomic E-state index is -0.0944. The Labute approximate surface area is 97.2 Å². The van der Waals surface area contributed by atoms with Crippen LogP contribution in [0, 0.1) is 0 Å². The van der Waals surface area contributed by atoms with E-state index < -0.39 is 0 Å². The topological polar surface area (TPSA) is 38.5 Å². The lowest BCUT2D eigenvalue weighted by molar-refractivity contribution is 0.0558. The lowest BCUT2D eigenvalue weighted by atomic mass is 9.91. The molecule has 0 aliphatic carbocycles. The van der Waals surface area contributed by atoms with Gasteiger partial charge in [0.1, 0.15) is 0 Å². The summed E-state index contributed by atoms with van der Waals surface area (Å²) in [5, 5.41) is 0. The maximum atomic E-state index is 6.38. The number of nitrogens with zero attached hydrogens (tertiary/aromatic N) is 1. The molecule has 0 spiro atoms. The van der Waals surface area contributed by atoms with E-state index in [9.17, 15) is 0 Å². The molecule has 1 aliphatic heterocycles. The number of anilines is 1. The number of nitrogens with two attached hydrogens (primary N) is 1. The van der Waals surface area contributed by atoms with Crippen LogP contribution in [0.15, 0.2) is 30.3 Å². The number of likely N-dealkylation sites (N-methyl/N-ethyl adjacent to an activating group) is 1. The fraction of sp³-hybridized carbons (Fsp3) is 0.538. The zero-order chi connectivity index (χ0) is 11.4. The van der Waals surface area contributed by atoms with Gasteiger partial charge in [-0.2, -0.15) is 0 Å². The van der Waals surface area contributed by atoms with E-state index in [1.807, 2.05) is 6.07 Å². The summed E-state index contributed by atoms with van der Waals surface area (Å²) in [5.74, 6) is 0. The van der Waals surface area contributed by atoms with E-state index in [0.29, 0.717) is 0 Å². The van der Waals surface area contributed by atoms with Crippen LogP contribution in [-0.4, -0.2) is 32.3 Å². The van der Waals surface area contributed by atoms with Crippen molar-refractivity contribution in [3.05, 3.63) is 30.3 Å². The second kappa shape index (κ2) is 4.85. The van der Waals surface area contributed by atoms with Crippen molar-refractivity contribution in [2.75, 3.05) is 31.7 Å². The van der Waals surface area contributed by atoms with Crippen LogP contribution in [0.2, 0.25) is 0 Å². The van der Waals surface area contributed by atoms with Crippen molar-refractivity contribution < 1.29 is 4.74 Å². The molecule has 0 amide bonds. The van der Waals surface area contributed by atoms with Crippen molar-refractivity contribution in [1.82, 2.24) is 0 Å². The van der Waals surface area contributed by atoms with Gasteiger partial charge in [0.05, 0.1) is 0 Å². The van der Waals surface area contributed by atoms with Crippen molar-refractivity contribution in [1.29, 1.82) is 0 Å². The van der Waals surface area contributed by atoms with Crippen LogP contribution in [-0.2, 0) is 4.74 Å². The van der Waals surface area contributed by atoms with Gasteiger partial charge in [0.15, 0.2) is 0 Å². The molecule has 0 bridgehead atoms. The minimum Gasteiger partial charge on any atom is -0.381 e. The van der Waals surface area contributed by atoms with E-state index in [4.69, 9.17) is 10.5 Å². The highest BCUT2D eigenvalue weighted by Gasteiger charge is 2.29. The van der Waals surface area contributed by atoms with Crippen LogP contribution in [0.5, 0.6) is 0 Å². The Kier molecular flexibility index (Phi) is 3.46. The number of hydrogen-bond acceptors (Lipinski definition) is 3. The van der Waals surface area contributed by atoms with E-state index in [-0.39, 0.29) is 5.54 Å². The van der Waals surface area contributed by atoms with Gasteiger partial charge in [0.2, 0.25) is 0 Å². The molecule has 1 aromatic rings. The molecule has 1 fully saturated rings. The molecule has 0 radical (unpaired) electrons. The van der Waals surface area contributed by atoms with Crippen molar-refractivity contribution in [3.63, 3.8) is 0 Å². The van der Waals surface area contributed by atoms with Crippen LogP contribution in [0.1, 0.15) is 12.8 Å². The van der Waals surface area contributed by atoms with Crippen molar-refractivity contribution >= 4 is 5.69 Å². The minimum absolute atomic E-state index is 0.0944. The lowest BCUT2D eigenvalue weighted by Gasteiger charge is -2.37. The summed E-state index contributed by atoms with van der Waals surface area (Å²) in [6.07, 6.45) is 1.90. The zero-order valence-corrected chi connectivity index (χ0v) is 9.86. The second-order valence-electron chi connectivity index (χ2n) is 4.67. The third kappa shape index (κ3) is 2.74. The molecule has 1 saturated heterocycles.